The number of halogens is 2. The first kappa shape index (κ1) is 37.5. The summed E-state index contributed by atoms with van der Waals surface area (Å²) in [6, 6.07) is 47.9. The van der Waals surface area contributed by atoms with Crippen LogP contribution in [-0.4, -0.2) is 9.97 Å². The molecular weight excluding hydrogens is 862 g/mol. The van der Waals surface area contributed by atoms with E-state index in [2.05, 4.69) is 177 Å². The van der Waals surface area contributed by atoms with Crippen molar-refractivity contribution in [3.8, 4) is 0 Å². The van der Waals surface area contributed by atoms with E-state index in [9.17, 15) is 0 Å². The number of unbranched alkanes of at least 4 members (excludes halogenated alkanes) is 5. The van der Waals surface area contributed by atoms with Crippen LogP contribution in [0.4, 0.5) is 0 Å². The summed E-state index contributed by atoms with van der Waals surface area (Å²) in [5.74, 6) is 0. The first-order chi connectivity index (χ1) is 24.8. The first-order valence-corrected chi connectivity index (χ1v) is 18.1. The lowest BCUT2D eigenvalue weighted by molar-refractivity contribution is -0.673. The molecule has 0 saturated carbocycles. The number of hydrogen-bond donors (Lipinski definition) is 2. The van der Waals surface area contributed by atoms with E-state index in [4.69, 9.17) is 0 Å². The molecular formula is C46H44I2N4. The maximum atomic E-state index is 3.54. The summed E-state index contributed by atoms with van der Waals surface area (Å²) in [5, 5.41) is 5.06. The number of hydrogen-bond acceptors (Lipinski definition) is 0. The molecule has 0 saturated heterocycles. The number of nitrogens with zero attached hydrogens (tertiary/aromatic N) is 2. The molecule has 4 heterocycles. The molecule has 0 atom stereocenters. The van der Waals surface area contributed by atoms with Gasteiger partial charge in [-0.15, -0.1) is 0 Å². The number of aromatic nitrogens is 4. The second-order valence-electron chi connectivity index (χ2n) is 13.3. The predicted molar refractivity (Wildman–Crippen MR) is 210 cm³/mol. The lowest BCUT2D eigenvalue weighted by Gasteiger charge is -2.07. The topological polar surface area (TPSA) is 39.3 Å². The third-order valence-electron chi connectivity index (χ3n) is 9.93. The van der Waals surface area contributed by atoms with Crippen LogP contribution >= 0.6 is 0 Å². The van der Waals surface area contributed by atoms with Crippen molar-refractivity contribution in [2.24, 2.45) is 0 Å². The Morgan fingerprint density at radius 2 is 0.769 bits per heavy atom. The molecule has 0 aliphatic carbocycles. The number of para-hydroxylation sites is 4. The zero-order valence-electron chi connectivity index (χ0n) is 29.3. The molecule has 0 aliphatic rings. The van der Waals surface area contributed by atoms with Gasteiger partial charge in [0.15, 0.2) is 0 Å². The van der Waals surface area contributed by atoms with Gasteiger partial charge in [-0.05, 0) is 84.3 Å². The van der Waals surface area contributed by atoms with Gasteiger partial charge in [0, 0.05) is 82.5 Å². The fourth-order valence-corrected chi connectivity index (χ4v) is 7.32. The summed E-state index contributed by atoms with van der Waals surface area (Å²) < 4.78 is 4.99. The van der Waals surface area contributed by atoms with Crippen LogP contribution in [0.3, 0.4) is 0 Å². The number of benzene rings is 4. The Morgan fingerprint density at radius 1 is 0.385 bits per heavy atom. The van der Waals surface area contributed by atoms with E-state index in [1.807, 2.05) is 0 Å². The molecule has 0 fully saturated rings. The van der Waals surface area contributed by atoms with Crippen molar-refractivity contribution < 1.29 is 57.1 Å². The van der Waals surface area contributed by atoms with Crippen molar-refractivity contribution in [2.45, 2.75) is 51.6 Å². The zero-order chi connectivity index (χ0) is 33.5. The molecule has 262 valence electrons. The maximum absolute atomic E-state index is 3.54. The molecule has 0 radical (unpaired) electrons. The predicted octanol–water partition coefficient (Wildman–Crippen LogP) is 4.92. The zero-order valence-corrected chi connectivity index (χ0v) is 33.6. The highest BCUT2D eigenvalue weighted by atomic mass is 127. The molecule has 4 aromatic heterocycles. The summed E-state index contributed by atoms with van der Waals surface area (Å²) >= 11 is 0. The van der Waals surface area contributed by atoms with E-state index in [1.165, 1.54) is 93.5 Å². The third kappa shape index (κ3) is 8.67. The van der Waals surface area contributed by atoms with Crippen LogP contribution in [-0.2, 0) is 13.1 Å². The van der Waals surface area contributed by atoms with E-state index in [1.54, 1.807) is 0 Å². The molecule has 4 aromatic carbocycles. The second kappa shape index (κ2) is 18.0. The van der Waals surface area contributed by atoms with Crippen molar-refractivity contribution in [3.05, 3.63) is 156 Å². The highest BCUT2D eigenvalue weighted by Gasteiger charge is 2.15. The summed E-state index contributed by atoms with van der Waals surface area (Å²) in [6.45, 7) is 2.04. The van der Waals surface area contributed by atoms with Gasteiger partial charge in [0.25, 0.3) is 0 Å². The SMILES string of the molecule is C(=C\c1ccc2ccccc2[n+]1CCCCCCCC[n+]1c(/C=C/c2cc3ccccc3[nH]2)ccc2ccccc21)/c1cc2ccccc2[nH]1.[I-].[I-]. The molecule has 0 aliphatic heterocycles. The average Bonchev–Trinajstić information content (AvgIpc) is 3.78. The fraction of sp³-hybridized carbons (Fsp3) is 0.174. The van der Waals surface area contributed by atoms with Gasteiger partial charge in [-0.3, -0.25) is 0 Å². The minimum absolute atomic E-state index is 0. The van der Waals surface area contributed by atoms with Crippen LogP contribution in [0.5, 0.6) is 0 Å². The first-order valence-electron chi connectivity index (χ1n) is 18.1. The highest BCUT2D eigenvalue weighted by Crippen LogP contribution is 2.20. The number of fused-ring (bicyclic) bond motifs is 4. The number of aromatic amines is 2. The Balaban J connectivity index is 0.00000232. The molecule has 0 bridgehead atoms. The van der Waals surface area contributed by atoms with Gasteiger partial charge in [0.2, 0.25) is 22.4 Å². The molecule has 8 rings (SSSR count). The number of aryl methyl sites for hydroxylation is 2. The standard InChI is InChI=1S/C46H42N4.2HI/c1(3-13-31-49-41(27-23-35-15-7-11-21-45(35)49)29-25-39-33-37-17-5-9-19-43(37)47-39)2-4-14-32-50-42(28-24-36-16-8-12-22-46(36)50)30-26-40-34-38-18-6-10-20-44(38)48-40;;/h5-12,15-30,33-34H,1-4,13-14,31-32H2;2*1H. The van der Waals surface area contributed by atoms with Crippen LogP contribution in [0.1, 0.15) is 61.3 Å². The molecule has 0 spiro atoms. The summed E-state index contributed by atoms with van der Waals surface area (Å²) in [6.07, 6.45) is 16.3. The Labute approximate surface area is 340 Å². The molecule has 4 nitrogen and oxygen atoms in total. The summed E-state index contributed by atoms with van der Waals surface area (Å²) in [5.41, 5.74) is 9.68. The van der Waals surface area contributed by atoms with E-state index in [0.717, 1.165) is 24.5 Å². The average molecular weight is 907 g/mol. The molecule has 52 heavy (non-hydrogen) atoms. The van der Waals surface area contributed by atoms with Crippen LogP contribution < -0.4 is 57.1 Å². The van der Waals surface area contributed by atoms with Crippen molar-refractivity contribution in [3.63, 3.8) is 0 Å². The Bertz CT molecular complexity index is 2230. The van der Waals surface area contributed by atoms with Gasteiger partial charge < -0.3 is 57.9 Å². The lowest BCUT2D eigenvalue weighted by atomic mass is 10.1. The number of H-pyrrole nitrogens is 2. The van der Waals surface area contributed by atoms with E-state index in [-0.39, 0.29) is 48.0 Å². The van der Waals surface area contributed by atoms with Gasteiger partial charge >= 0.3 is 0 Å². The second-order valence-corrected chi connectivity index (χ2v) is 13.3. The highest BCUT2D eigenvalue weighted by molar-refractivity contribution is 5.85. The summed E-state index contributed by atoms with van der Waals surface area (Å²) in [7, 11) is 0. The van der Waals surface area contributed by atoms with Gasteiger partial charge in [0.05, 0.1) is 0 Å². The van der Waals surface area contributed by atoms with Crippen molar-refractivity contribution >= 4 is 67.9 Å². The normalized spacial score (nSPS) is 11.6. The van der Waals surface area contributed by atoms with Gasteiger partial charge in [-0.2, -0.15) is 9.13 Å². The number of pyridine rings is 2. The molecule has 0 amide bonds. The Morgan fingerprint density at radius 3 is 1.21 bits per heavy atom. The minimum atomic E-state index is 0. The van der Waals surface area contributed by atoms with Gasteiger partial charge in [-0.1, -0.05) is 73.5 Å². The van der Waals surface area contributed by atoms with Crippen molar-refractivity contribution in [1.29, 1.82) is 0 Å². The maximum Gasteiger partial charge on any atom is 0.212 e. The van der Waals surface area contributed by atoms with Gasteiger partial charge in [-0.25, -0.2) is 0 Å². The largest absolute Gasteiger partial charge is 1.00 e. The molecule has 0 unspecified atom stereocenters. The van der Waals surface area contributed by atoms with E-state index < -0.39 is 0 Å². The number of nitrogens with one attached hydrogen (secondary N) is 2. The minimum Gasteiger partial charge on any atom is -1.00 e. The van der Waals surface area contributed by atoms with Gasteiger partial charge in [0.1, 0.15) is 13.1 Å². The molecule has 2 N–H and O–H groups in total. The molecule has 6 heteroatoms. The summed E-state index contributed by atoms with van der Waals surface area (Å²) in [4.78, 5) is 7.07. The Kier molecular flexibility index (Phi) is 13.0. The van der Waals surface area contributed by atoms with Crippen LogP contribution in [0, 0.1) is 0 Å². The quantitative estimate of drug-likeness (QED) is 0.0939. The van der Waals surface area contributed by atoms with Crippen LogP contribution in [0.25, 0.3) is 67.9 Å². The smallest absolute Gasteiger partial charge is 0.212 e. The number of rotatable bonds is 13. The fourth-order valence-electron chi connectivity index (χ4n) is 7.32. The lowest BCUT2D eigenvalue weighted by Crippen LogP contribution is -3.00. The van der Waals surface area contributed by atoms with E-state index >= 15 is 0 Å². The Hall–Kier alpha value is -4.28. The van der Waals surface area contributed by atoms with Crippen LogP contribution in [0.15, 0.2) is 133 Å². The van der Waals surface area contributed by atoms with Crippen molar-refractivity contribution in [2.75, 3.05) is 0 Å². The van der Waals surface area contributed by atoms with Crippen molar-refractivity contribution in [1.82, 2.24) is 9.97 Å². The molecule has 8 aromatic rings. The van der Waals surface area contributed by atoms with Crippen LogP contribution in [0.2, 0.25) is 0 Å². The monoisotopic (exact) mass is 906 g/mol. The van der Waals surface area contributed by atoms with E-state index in [0.29, 0.717) is 0 Å². The third-order valence-corrected chi connectivity index (χ3v) is 9.93.